The normalized spacial score (nSPS) is 23.3. The number of hydrogen-bond donors (Lipinski definition) is 3. The number of urea groups is 1. The molecule has 0 heterocycles. The average molecular weight is 290 g/mol. The molecule has 3 N–H and O–H groups in total. The zero-order valence-electron chi connectivity index (χ0n) is 12.7. The summed E-state index contributed by atoms with van der Waals surface area (Å²) in [7, 11) is 0. The van der Waals surface area contributed by atoms with Crippen molar-refractivity contribution in [3.8, 4) is 0 Å². The van der Waals surface area contributed by atoms with Crippen LogP contribution >= 0.6 is 0 Å². The number of carbonyl (C=O) groups excluding carboxylic acids is 1. The quantitative estimate of drug-likeness (QED) is 0.781. The van der Waals surface area contributed by atoms with Gasteiger partial charge in [-0.3, -0.25) is 0 Å². The van der Waals surface area contributed by atoms with Gasteiger partial charge in [-0.05, 0) is 50.5 Å². The summed E-state index contributed by atoms with van der Waals surface area (Å²) in [5.74, 6) is 0.626. The van der Waals surface area contributed by atoms with E-state index in [2.05, 4.69) is 41.0 Å². The molecule has 0 bridgehead atoms. The van der Waals surface area contributed by atoms with Gasteiger partial charge in [0.15, 0.2) is 0 Å². The van der Waals surface area contributed by atoms with Crippen LogP contribution in [-0.2, 0) is 0 Å². The van der Waals surface area contributed by atoms with Crippen molar-refractivity contribution in [3.05, 3.63) is 35.9 Å². The van der Waals surface area contributed by atoms with Gasteiger partial charge in [0.1, 0.15) is 0 Å². The molecule has 1 aliphatic carbocycles. The number of carbonyl (C=O) groups is 1. The molecule has 21 heavy (non-hydrogen) atoms. The molecule has 0 unspecified atom stereocenters. The minimum absolute atomic E-state index is 0.00987. The van der Waals surface area contributed by atoms with Gasteiger partial charge in [0.25, 0.3) is 0 Å². The highest BCUT2D eigenvalue weighted by Crippen LogP contribution is 2.32. The fourth-order valence-electron chi connectivity index (χ4n) is 3.01. The molecule has 0 aliphatic heterocycles. The Balaban J connectivity index is 1.73. The predicted octanol–water partition coefficient (Wildman–Crippen LogP) is 2.78. The molecule has 1 aromatic rings. The van der Waals surface area contributed by atoms with Crippen LogP contribution in [0.4, 0.5) is 4.79 Å². The lowest BCUT2D eigenvalue weighted by Crippen LogP contribution is -2.46. The maximum Gasteiger partial charge on any atom is 0.315 e. The van der Waals surface area contributed by atoms with E-state index in [9.17, 15) is 4.79 Å². The zero-order valence-corrected chi connectivity index (χ0v) is 12.7. The third kappa shape index (κ3) is 5.05. The van der Waals surface area contributed by atoms with Crippen LogP contribution < -0.4 is 10.6 Å². The lowest BCUT2D eigenvalue weighted by Gasteiger charge is -2.29. The summed E-state index contributed by atoms with van der Waals surface area (Å²) in [6, 6.07) is 10.8. The van der Waals surface area contributed by atoms with Crippen molar-refractivity contribution < 1.29 is 9.90 Å². The van der Waals surface area contributed by atoms with Gasteiger partial charge < -0.3 is 15.7 Å². The third-order valence-corrected chi connectivity index (χ3v) is 4.27. The van der Waals surface area contributed by atoms with E-state index >= 15 is 0 Å². The standard InChI is InChI=1S/C17H26N2O2/c1-13(11-12-20)18-17(21)19-16-9-7-15(8-10-16)14-5-3-2-4-6-14/h2-6,13,15-16,20H,7-12H2,1H3,(H2,18,19,21)/t13-,15?,16?/m1/s1. The van der Waals surface area contributed by atoms with Crippen LogP contribution in [0.15, 0.2) is 30.3 Å². The first-order valence-corrected chi connectivity index (χ1v) is 7.92. The Hall–Kier alpha value is -1.55. The zero-order chi connectivity index (χ0) is 15.1. The summed E-state index contributed by atoms with van der Waals surface area (Å²) in [4.78, 5) is 11.8. The summed E-state index contributed by atoms with van der Waals surface area (Å²) in [5.41, 5.74) is 1.41. The maximum absolute atomic E-state index is 11.8. The molecule has 0 spiro atoms. The largest absolute Gasteiger partial charge is 0.396 e. The summed E-state index contributed by atoms with van der Waals surface area (Å²) < 4.78 is 0. The molecule has 4 heteroatoms. The molecule has 2 amide bonds. The van der Waals surface area contributed by atoms with Crippen molar-refractivity contribution >= 4 is 6.03 Å². The van der Waals surface area contributed by atoms with Crippen LogP contribution in [0.1, 0.15) is 50.5 Å². The highest BCUT2D eigenvalue weighted by molar-refractivity contribution is 5.74. The molecule has 1 aromatic carbocycles. The van der Waals surface area contributed by atoms with E-state index in [0.29, 0.717) is 12.3 Å². The number of rotatable bonds is 5. The predicted molar refractivity (Wildman–Crippen MR) is 84.3 cm³/mol. The number of nitrogens with one attached hydrogen (secondary N) is 2. The van der Waals surface area contributed by atoms with E-state index in [-0.39, 0.29) is 24.7 Å². The Morgan fingerprint density at radius 2 is 1.90 bits per heavy atom. The van der Waals surface area contributed by atoms with E-state index in [1.807, 2.05) is 6.92 Å². The van der Waals surface area contributed by atoms with E-state index in [1.165, 1.54) is 5.56 Å². The summed E-state index contributed by atoms with van der Waals surface area (Å²) in [6.07, 6.45) is 4.90. The molecular formula is C17H26N2O2. The fraction of sp³-hybridized carbons (Fsp3) is 0.588. The van der Waals surface area contributed by atoms with Crippen molar-refractivity contribution in [3.63, 3.8) is 0 Å². The molecule has 1 fully saturated rings. The van der Waals surface area contributed by atoms with Gasteiger partial charge in [-0.25, -0.2) is 4.79 Å². The average Bonchev–Trinajstić information content (AvgIpc) is 2.49. The molecule has 116 valence electrons. The topological polar surface area (TPSA) is 61.4 Å². The Kier molecular flexibility index (Phi) is 6.05. The highest BCUT2D eigenvalue weighted by Gasteiger charge is 2.23. The first kappa shape index (κ1) is 15.8. The van der Waals surface area contributed by atoms with E-state index in [0.717, 1.165) is 25.7 Å². The lowest BCUT2D eigenvalue weighted by molar-refractivity contribution is 0.222. The van der Waals surface area contributed by atoms with Gasteiger partial charge in [0.05, 0.1) is 0 Å². The van der Waals surface area contributed by atoms with Crippen LogP contribution in [0, 0.1) is 0 Å². The Morgan fingerprint density at radius 3 is 2.52 bits per heavy atom. The van der Waals surface area contributed by atoms with Gasteiger partial charge in [-0.1, -0.05) is 30.3 Å². The molecule has 2 rings (SSSR count). The van der Waals surface area contributed by atoms with Crippen LogP contribution in [-0.4, -0.2) is 29.8 Å². The molecule has 0 aromatic heterocycles. The van der Waals surface area contributed by atoms with Crippen LogP contribution in [0.2, 0.25) is 0 Å². The van der Waals surface area contributed by atoms with E-state index in [4.69, 9.17) is 5.11 Å². The second-order valence-corrected chi connectivity index (χ2v) is 5.99. The number of aliphatic hydroxyl groups is 1. The Labute approximate surface area is 126 Å². The minimum atomic E-state index is -0.112. The molecule has 4 nitrogen and oxygen atoms in total. The second kappa shape index (κ2) is 8.03. The van der Waals surface area contributed by atoms with Crippen molar-refractivity contribution in [1.29, 1.82) is 0 Å². The third-order valence-electron chi connectivity index (χ3n) is 4.27. The highest BCUT2D eigenvalue weighted by atomic mass is 16.3. The number of benzene rings is 1. The van der Waals surface area contributed by atoms with Gasteiger partial charge >= 0.3 is 6.03 Å². The van der Waals surface area contributed by atoms with Gasteiger partial charge in [0.2, 0.25) is 0 Å². The number of aliphatic hydroxyl groups excluding tert-OH is 1. The van der Waals surface area contributed by atoms with Crippen LogP contribution in [0.5, 0.6) is 0 Å². The monoisotopic (exact) mass is 290 g/mol. The van der Waals surface area contributed by atoms with Crippen molar-refractivity contribution in [1.82, 2.24) is 10.6 Å². The smallest absolute Gasteiger partial charge is 0.315 e. The molecule has 0 radical (unpaired) electrons. The van der Waals surface area contributed by atoms with E-state index < -0.39 is 0 Å². The van der Waals surface area contributed by atoms with Gasteiger partial charge in [0, 0.05) is 18.7 Å². The first-order valence-electron chi connectivity index (χ1n) is 7.92. The summed E-state index contributed by atoms with van der Waals surface area (Å²) >= 11 is 0. The minimum Gasteiger partial charge on any atom is -0.396 e. The fourth-order valence-corrected chi connectivity index (χ4v) is 3.01. The van der Waals surface area contributed by atoms with Crippen LogP contribution in [0.25, 0.3) is 0 Å². The SMILES string of the molecule is C[C@H](CCO)NC(=O)NC1CCC(c2ccccc2)CC1. The Bertz CT molecular complexity index is 428. The van der Waals surface area contributed by atoms with Crippen molar-refractivity contribution in [2.24, 2.45) is 0 Å². The van der Waals surface area contributed by atoms with Crippen molar-refractivity contribution in [2.75, 3.05) is 6.61 Å². The Morgan fingerprint density at radius 1 is 1.24 bits per heavy atom. The molecule has 1 atom stereocenters. The van der Waals surface area contributed by atoms with Gasteiger partial charge in [-0.15, -0.1) is 0 Å². The number of hydrogen-bond acceptors (Lipinski definition) is 2. The van der Waals surface area contributed by atoms with Crippen molar-refractivity contribution in [2.45, 2.75) is 57.0 Å². The lowest BCUT2D eigenvalue weighted by atomic mass is 9.82. The second-order valence-electron chi connectivity index (χ2n) is 5.99. The maximum atomic E-state index is 11.8. The molecule has 1 saturated carbocycles. The summed E-state index contributed by atoms with van der Waals surface area (Å²) in [6.45, 7) is 2.01. The van der Waals surface area contributed by atoms with Gasteiger partial charge in [-0.2, -0.15) is 0 Å². The molecular weight excluding hydrogens is 264 g/mol. The molecule has 0 saturated heterocycles. The molecule has 1 aliphatic rings. The summed E-state index contributed by atoms with van der Waals surface area (Å²) in [5, 5.41) is 14.7. The van der Waals surface area contributed by atoms with E-state index in [1.54, 1.807) is 0 Å². The first-order chi connectivity index (χ1) is 10.2. The number of amides is 2. The van der Waals surface area contributed by atoms with Crippen LogP contribution in [0.3, 0.4) is 0 Å².